The van der Waals surface area contributed by atoms with Crippen molar-refractivity contribution < 1.29 is 21.6 Å². The van der Waals surface area contributed by atoms with Gasteiger partial charge in [-0.05, 0) is 84.3 Å². The van der Waals surface area contributed by atoms with E-state index in [4.69, 9.17) is 0 Å². The number of halogens is 3. The second kappa shape index (κ2) is 9.79. The summed E-state index contributed by atoms with van der Waals surface area (Å²) in [6, 6.07) is 16.9. The van der Waals surface area contributed by atoms with Gasteiger partial charge in [0, 0.05) is 48.3 Å². The van der Waals surface area contributed by atoms with Gasteiger partial charge in [0.15, 0.2) is 0 Å². The average molecular weight is 533 g/mol. The molecule has 0 spiro atoms. The fourth-order valence-electron chi connectivity index (χ4n) is 4.29. The number of hydrogen-bond acceptors (Lipinski definition) is 5. The first kappa shape index (κ1) is 24.7. The summed E-state index contributed by atoms with van der Waals surface area (Å²) in [6.07, 6.45) is 6.73. The molecule has 0 amide bonds. The molecule has 1 aliphatic heterocycles. The molecule has 0 saturated carbocycles. The Morgan fingerprint density at radius 2 is 1.58 bits per heavy atom. The average Bonchev–Trinajstić information content (AvgIpc) is 3.33. The maximum absolute atomic E-state index is 13.2. The number of piperidine rings is 1. The number of imidazole rings is 1. The van der Waals surface area contributed by atoms with Crippen LogP contribution in [0.3, 0.4) is 0 Å². The minimum atomic E-state index is -4.32. The molecule has 6 nitrogen and oxygen atoms in total. The second-order valence-corrected chi connectivity index (χ2v) is 11.6. The first-order valence-corrected chi connectivity index (χ1v) is 13.6. The van der Waals surface area contributed by atoms with Gasteiger partial charge in [-0.1, -0.05) is 12.1 Å². The van der Waals surface area contributed by atoms with Gasteiger partial charge in [-0.3, -0.25) is 0 Å². The molecule has 11 heteroatoms. The SMILES string of the molecule is O=S(=O)(c1ccc(-c2ccc3nccn3c2)cc1)N1CCC(Nc2ccc(SC(F)(F)F)cc2)CC1. The molecule has 1 N–H and O–H groups in total. The molecule has 3 heterocycles. The highest BCUT2D eigenvalue weighted by Gasteiger charge is 2.30. The number of thioether (sulfide) groups is 1. The first-order valence-electron chi connectivity index (χ1n) is 11.3. The lowest BCUT2D eigenvalue weighted by molar-refractivity contribution is -0.0328. The van der Waals surface area contributed by atoms with E-state index in [0.717, 1.165) is 16.8 Å². The molecule has 188 valence electrons. The van der Waals surface area contributed by atoms with Crippen LogP contribution in [-0.4, -0.2) is 46.7 Å². The number of nitrogens with one attached hydrogen (secondary N) is 1. The molecule has 2 aromatic heterocycles. The summed E-state index contributed by atoms with van der Waals surface area (Å²) >= 11 is -0.148. The summed E-state index contributed by atoms with van der Waals surface area (Å²) in [5.74, 6) is 0. The van der Waals surface area contributed by atoms with Gasteiger partial charge in [-0.15, -0.1) is 0 Å². The zero-order valence-corrected chi connectivity index (χ0v) is 20.7. The van der Waals surface area contributed by atoms with Gasteiger partial charge in [0.2, 0.25) is 10.0 Å². The highest BCUT2D eigenvalue weighted by Crippen LogP contribution is 2.37. The Labute approximate surface area is 211 Å². The van der Waals surface area contributed by atoms with Crippen molar-refractivity contribution in [2.24, 2.45) is 0 Å². The lowest BCUT2D eigenvalue weighted by Crippen LogP contribution is -2.42. The Bertz CT molecular complexity index is 1450. The van der Waals surface area contributed by atoms with Crippen LogP contribution in [0.5, 0.6) is 0 Å². The maximum atomic E-state index is 13.2. The Morgan fingerprint density at radius 3 is 2.25 bits per heavy atom. The predicted molar refractivity (Wildman–Crippen MR) is 134 cm³/mol. The molecular weight excluding hydrogens is 509 g/mol. The second-order valence-electron chi connectivity index (χ2n) is 8.53. The summed E-state index contributed by atoms with van der Waals surface area (Å²) in [4.78, 5) is 4.61. The number of benzene rings is 2. The summed E-state index contributed by atoms with van der Waals surface area (Å²) in [7, 11) is -3.62. The van der Waals surface area contributed by atoms with Crippen molar-refractivity contribution in [2.75, 3.05) is 18.4 Å². The maximum Gasteiger partial charge on any atom is 0.446 e. The molecule has 0 aliphatic carbocycles. The van der Waals surface area contributed by atoms with E-state index in [0.29, 0.717) is 31.6 Å². The van der Waals surface area contributed by atoms with Gasteiger partial charge in [0.25, 0.3) is 0 Å². The molecule has 1 aliphatic rings. The number of pyridine rings is 1. The zero-order chi connectivity index (χ0) is 25.3. The van der Waals surface area contributed by atoms with E-state index in [9.17, 15) is 21.6 Å². The van der Waals surface area contributed by atoms with Crippen LogP contribution in [0, 0.1) is 0 Å². The van der Waals surface area contributed by atoms with Crippen LogP contribution in [0.1, 0.15) is 12.8 Å². The lowest BCUT2D eigenvalue weighted by atomic mass is 10.1. The number of sulfonamides is 1. The van der Waals surface area contributed by atoms with Gasteiger partial charge in [0.05, 0.1) is 4.90 Å². The highest BCUT2D eigenvalue weighted by atomic mass is 32.2. The van der Waals surface area contributed by atoms with E-state index >= 15 is 0 Å². The Hall–Kier alpha value is -3.02. The smallest absolute Gasteiger partial charge is 0.382 e. The van der Waals surface area contributed by atoms with E-state index in [1.165, 1.54) is 16.4 Å². The highest BCUT2D eigenvalue weighted by molar-refractivity contribution is 8.00. The third-order valence-corrected chi connectivity index (χ3v) is 8.78. The fourth-order valence-corrected chi connectivity index (χ4v) is 6.30. The van der Waals surface area contributed by atoms with Crippen molar-refractivity contribution >= 4 is 33.1 Å². The molecule has 36 heavy (non-hydrogen) atoms. The van der Waals surface area contributed by atoms with Crippen LogP contribution in [0.25, 0.3) is 16.8 Å². The van der Waals surface area contributed by atoms with Crippen molar-refractivity contribution in [3.63, 3.8) is 0 Å². The lowest BCUT2D eigenvalue weighted by Gasteiger charge is -2.32. The van der Waals surface area contributed by atoms with Crippen molar-refractivity contribution in [2.45, 2.75) is 34.2 Å². The van der Waals surface area contributed by atoms with Gasteiger partial charge in [0.1, 0.15) is 5.65 Å². The summed E-state index contributed by atoms with van der Waals surface area (Å²) in [5, 5.41) is 3.30. The van der Waals surface area contributed by atoms with E-state index in [-0.39, 0.29) is 27.6 Å². The fraction of sp³-hybridized carbons (Fsp3) is 0.240. The number of nitrogens with zero attached hydrogens (tertiary/aromatic N) is 3. The number of anilines is 1. The summed E-state index contributed by atoms with van der Waals surface area (Å²) < 4.78 is 67.3. The third kappa shape index (κ3) is 5.53. The molecule has 0 unspecified atom stereocenters. The van der Waals surface area contributed by atoms with Gasteiger partial charge in [-0.25, -0.2) is 13.4 Å². The number of alkyl halides is 3. The minimum Gasteiger partial charge on any atom is -0.382 e. The largest absolute Gasteiger partial charge is 0.446 e. The molecule has 1 saturated heterocycles. The molecular formula is C25H23F3N4O2S2. The molecule has 0 bridgehead atoms. The Kier molecular flexibility index (Phi) is 6.71. The molecule has 5 rings (SSSR count). The van der Waals surface area contributed by atoms with Crippen molar-refractivity contribution in [3.8, 4) is 11.1 Å². The predicted octanol–water partition coefficient (Wildman–Crippen LogP) is 5.88. The van der Waals surface area contributed by atoms with Crippen LogP contribution in [-0.2, 0) is 10.0 Å². The Morgan fingerprint density at radius 1 is 0.917 bits per heavy atom. The minimum absolute atomic E-state index is 0.0399. The van der Waals surface area contributed by atoms with Crippen molar-refractivity contribution in [3.05, 3.63) is 79.3 Å². The standard InChI is InChI=1S/C25H23F3N4O2S2/c26-25(27,28)35-22-6-4-20(5-7-22)30-21-11-14-32(15-12-21)36(33,34)23-8-1-18(2-9-23)19-3-10-24-29-13-16-31(24)17-19/h1-10,13,16-17,21,30H,11-12,14-15H2. The van der Waals surface area contributed by atoms with Gasteiger partial charge in [-0.2, -0.15) is 17.5 Å². The Balaban J connectivity index is 1.19. The number of aromatic nitrogens is 2. The van der Waals surface area contributed by atoms with Gasteiger partial charge < -0.3 is 9.72 Å². The van der Waals surface area contributed by atoms with Crippen LogP contribution in [0.4, 0.5) is 18.9 Å². The van der Waals surface area contributed by atoms with E-state index < -0.39 is 15.5 Å². The van der Waals surface area contributed by atoms with E-state index in [2.05, 4.69) is 10.3 Å². The molecule has 1 fully saturated rings. The van der Waals surface area contributed by atoms with Crippen LogP contribution in [0.2, 0.25) is 0 Å². The monoisotopic (exact) mass is 532 g/mol. The third-order valence-electron chi connectivity index (χ3n) is 6.13. The van der Waals surface area contributed by atoms with Crippen LogP contribution in [0.15, 0.2) is 89.0 Å². The van der Waals surface area contributed by atoms with E-state index in [1.807, 2.05) is 28.9 Å². The molecule has 2 aromatic carbocycles. The number of rotatable bonds is 6. The van der Waals surface area contributed by atoms with Crippen LogP contribution >= 0.6 is 11.8 Å². The summed E-state index contributed by atoms with van der Waals surface area (Å²) in [5.41, 5.74) is -0.892. The molecule has 0 atom stereocenters. The first-order chi connectivity index (χ1) is 17.2. The quantitative estimate of drug-likeness (QED) is 0.314. The van der Waals surface area contributed by atoms with Gasteiger partial charge >= 0.3 is 5.51 Å². The molecule has 4 aromatic rings. The summed E-state index contributed by atoms with van der Waals surface area (Å²) in [6.45, 7) is 0.724. The van der Waals surface area contributed by atoms with Crippen LogP contribution < -0.4 is 5.32 Å². The normalized spacial score (nSPS) is 15.9. The number of fused-ring (bicyclic) bond motifs is 1. The molecule has 0 radical (unpaired) electrons. The van der Waals surface area contributed by atoms with Crippen molar-refractivity contribution in [1.82, 2.24) is 13.7 Å². The zero-order valence-electron chi connectivity index (χ0n) is 19.0. The van der Waals surface area contributed by atoms with E-state index in [1.54, 1.807) is 42.6 Å². The number of hydrogen-bond donors (Lipinski definition) is 1. The van der Waals surface area contributed by atoms with Crippen molar-refractivity contribution in [1.29, 1.82) is 0 Å². The topological polar surface area (TPSA) is 66.7 Å².